The van der Waals surface area contributed by atoms with Crippen LogP contribution < -0.4 is 0 Å². The van der Waals surface area contributed by atoms with E-state index in [1.54, 1.807) is 17.0 Å². The summed E-state index contributed by atoms with van der Waals surface area (Å²) < 4.78 is 13.7. The van der Waals surface area contributed by atoms with Gasteiger partial charge in [0.2, 0.25) is 5.91 Å². The summed E-state index contributed by atoms with van der Waals surface area (Å²) in [7, 11) is 0. The van der Waals surface area contributed by atoms with Crippen LogP contribution in [0.2, 0.25) is 0 Å². The first-order valence-electron chi connectivity index (χ1n) is 8.78. The van der Waals surface area contributed by atoms with Crippen LogP contribution in [0.1, 0.15) is 44.6 Å². The average Bonchev–Trinajstić information content (AvgIpc) is 3.18. The zero-order chi connectivity index (χ0) is 18.2. The summed E-state index contributed by atoms with van der Waals surface area (Å²) in [6.45, 7) is 2.37. The SMILES string of the molecule is CC(Cc1ccc(F)c(Br)c1)C(=O)N1CC2(CCCC2)CC1C(=O)O. The van der Waals surface area contributed by atoms with Gasteiger partial charge in [-0.1, -0.05) is 25.8 Å². The highest BCUT2D eigenvalue weighted by Crippen LogP contribution is 2.48. The smallest absolute Gasteiger partial charge is 0.326 e. The van der Waals surface area contributed by atoms with Crippen molar-refractivity contribution in [2.45, 2.75) is 51.5 Å². The molecule has 1 aliphatic heterocycles. The Balaban J connectivity index is 1.73. The quantitative estimate of drug-likeness (QED) is 0.813. The third kappa shape index (κ3) is 3.73. The van der Waals surface area contributed by atoms with Gasteiger partial charge < -0.3 is 10.0 Å². The van der Waals surface area contributed by atoms with Gasteiger partial charge in [0.1, 0.15) is 11.9 Å². The number of rotatable bonds is 4. The molecule has 2 fully saturated rings. The molecule has 0 aromatic heterocycles. The highest BCUT2D eigenvalue weighted by molar-refractivity contribution is 9.10. The van der Waals surface area contributed by atoms with Crippen LogP contribution in [0.25, 0.3) is 0 Å². The second kappa shape index (κ2) is 7.06. The van der Waals surface area contributed by atoms with Crippen LogP contribution in [0.15, 0.2) is 22.7 Å². The van der Waals surface area contributed by atoms with Crippen molar-refractivity contribution in [3.05, 3.63) is 34.1 Å². The lowest BCUT2D eigenvalue weighted by Gasteiger charge is -2.26. The topological polar surface area (TPSA) is 57.6 Å². The third-order valence-corrected chi connectivity index (χ3v) is 6.30. The maximum atomic E-state index is 13.4. The number of halogens is 2. The fourth-order valence-electron chi connectivity index (χ4n) is 4.39. The maximum absolute atomic E-state index is 13.4. The molecule has 2 aliphatic rings. The molecule has 4 nitrogen and oxygen atoms in total. The minimum Gasteiger partial charge on any atom is -0.480 e. The normalized spacial score (nSPS) is 23.2. The fraction of sp³-hybridized carbons (Fsp3) is 0.579. The number of amides is 1. The molecule has 0 bridgehead atoms. The molecule has 2 atom stereocenters. The summed E-state index contributed by atoms with van der Waals surface area (Å²) in [5.74, 6) is -1.70. The summed E-state index contributed by atoms with van der Waals surface area (Å²) in [6, 6.07) is 4.00. The van der Waals surface area contributed by atoms with E-state index in [0.717, 1.165) is 31.2 Å². The third-order valence-electron chi connectivity index (χ3n) is 5.69. The van der Waals surface area contributed by atoms with Gasteiger partial charge in [-0.2, -0.15) is 0 Å². The van der Waals surface area contributed by atoms with E-state index in [9.17, 15) is 19.1 Å². The van der Waals surface area contributed by atoms with Crippen molar-refractivity contribution in [3.8, 4) is 0 Å². The first-order valence-corrected chi connectivity index (χ1v) is 9.58. The molecular formula is C19H23BrFNO3. The lowest BCUT2D eigenvalue weighted by atomic mass is 9.84. The highest BCUT2D eigenvalue weighted by atomic mass is 79.9. The molecular weight excluding hydrogens is 389 g/mol. The summed E-state index contributed by atoms with van der Waals surface area (Å²) in [5.41, 5.74) is 0.855. The summed E-state index contributed by atoms with van der Waals surface area (Å²) in [4.78, 5) is 26.2. The van der Waals surface area contributed by atoms with E-state index in [-0.39, 0.29) is 23.1 Å². The maximum Gasteiger partial charge on any atom is 0.326 e. The van der Waals surface area contributed by atoms with Gasteiger partial charge in [0.15, 0.2) is 0 Å². The number of hydrogen-bond acceptors (Lipinski definition) is 2. The Morgan fingerprint density at radius 1 is 1.40 bits per heavy atom. The molecule has 0 radical (unpaired) electrons. The molecule has 1 heterocycles. The number of carbonyl (C=O) groups excluding carboxylic acids is 1. The van der Waals surface area contributed by atoms with E-state index in [1.165, 1.54) is 6.07 Å². The van der Waals surface area contributed by atoms with Gasteiger partial charge >= 0.3 is 5.97 Å². The lowest BCUT2D eigenvalue weighted by molar-refractivity contribution is -0.149. The fourth-order valence-corrected chi connectivity index (χ4v) is 4.81. The highest BCUT2D eigenvalue weighted by Gasteiger charge is 2.50. The Hall–Kier alpha value is -1.43. The molecule has 136 valence electrons. The molecule has 1 amide bonds. The number of carboxylic acids is 1. The molecule has 1 saturated carbocycles. The summed E-state index contributed by atoms with van der Waals surface area (Å²) in [6.07, 6.45) is 5.30. The summed E-state index contributed by atoms with van der Waals surface area (Å²) in [5, 5.41) is 9.57. The molecule has 25 heavy (non-hydrogen) atoms. The number of carbonyl (C=O) groups is 2. The van der Waals surface area contributed by atoms with E-state index in [1.807, 2.05) is 6.92 Å². The largest absolute Gasteiger partial charge is 0.480 e. The molecule has 1 spiro atoms. The van der Waals surface area contributed by atoms with Crippen LogP contribution >= 0.6 is 15.9 Å². The van der Waals surface area contributed by atoms with Crippen LogP contribution in [0.3, 0.4) is 0 Å². The predicted molar refractivity (Wildman–Crippen MR) is 95.6 cm³/mol. The predicted octanol–water partition coefficient (Wildman–Crippen LogP) is 4.01. The first kappa shape index (κ1) is 18.4. The van der Waals surface area contributed by atoms with E-state index in [2.05, 4.69) is 15.9 Å². The minimum absolute atomic E-state index is 0.00264. The Morgan fingerprint density at radius 2 is 2.08 bits per heavy atom. The van der Waals surface area contributed by atoms with Gasteiger partial charge in [-0.3, -0.25) is 4.79 Å². The summed E-state index contributed by atoms with van der Waals surface area (Å²) >= 11 is 3.16. The van der Waals surface area contributed by atoms with Gasteiger partial charge in [0.05, 0.1) is 4.47 Å². The van der Waals surface area contributed by atoms with E-state index >= 15 is 0 Å². The molecule has 1 aromatic carbocycles. The van der Waals surface area contributed by atoms with Gasteiger partial charge in [0, 0.05) is 12.5 Å². The van der Waals surface area contributed by atoms with E-state index < -0.39 is 12.0 Å². The van der Waals surface area contributed by atoms with Gasteiger partial charge in [-0.05, 0) is 64.7 Å². The Bertz CT molecular complexity index is 687. The first-order chi connectivity index (χ1) is 11.8. The molecule has 6 heteroatoms. The molecule has 1 saturated heterocycles. The Kier molecular flexibility index (Phi) is 5.19. The van der Waals surface area contributed by atoms with Crippen molar-refractivity contribution in [2.24, 2.45) is 11.3 Å². The lowest BCUT2D eigenvalue weighted by Crippen LogP contribution is -2.43. The Labute approximate surface area is 155 Å². The Morgan fingerprint density at radius 3 is 2.68 bits per heavy atom. The standard InChI is InChI=1S/C19H23BrFNO3/c1-12(8-13-4-5-15(21)14(20)9-13)17(23)22-11-19(6-2-3-7-19)10-16(22)18(24)25/h4-5,9,12,16H,2-3,6-8,10-11H2,1H3,(H,24,25). The number of benzene rings is 1. The van der Waals surface area contributed by atoms with Gasteiger partial charge in [-0.25, -0.2) is 9.18 Å². The van der Waals surface area contributed by atoms with Crippen molar-refractivity contribution in [3.63, 3.8) is 0 Å². The number of likely N-dealkylation sites (tertiary alicyclic amines) is 1. The van der Waals surface area contributed by atoms with Gasteiger partial charge in [-0.15, -0.1) is 0 Å². The van der Waals surface area contributed by atoms with Crippen molar-refractivity contribution in [1.82, 2.24) is 4.90 Å². The van der Waals surface area contributed by atoms with Crippen LogP contribution in [0.4, 0.5) is 4.39 Å². The monoisotopic (exact) mass is 411 g/mol. The number of hydrogen-bond donors (Lipinski definition) is 1. The average molecular weight is 412 g/mol. The van der Waals surface area contributed by atoms with Crippen LogP contribution in [0, 0.1) is 17.2 Å². The minimum atomic E-state index is -0.908. The molecule has 1 aliphatic carbocycles. The molecule has 3 rings (SSSR count). The number of carboxylic acid groups (broad SMARTS) is 1. The molecule has 1 N–H and O–H groups in total. The van der Waals surface area contributed by atoms with Crippen LogP contribution in [-0.2, 0) is 16.0 Å². The molecule has 1 aromatic rings. The second-order valence-corrected chi connectivity index (χ2v) is 8.44. The second-order valence-electron chi connectivity index (χ2n) is 7.59. The van der Waals surface area contributed by atoms with E-state index in [0.29, 0.717) is 23.9 Å². The number of nitrogens with zero attached hydrogens (tertiary/aromatic N) is 1. The van der Waals surface area contributed by atoms with Crippen molar-refractivity contribution in [1.29, 1.82) is 0 Å². The number of aliphatic carboxylic acids is 1. The van der Waals surface area contributed by atoms with Gasteiger partial charge in [0.25, 0.3) is 0 Å². The van der Waals surface area contributed by atoms with Crippen LogP contribution in [-0.4, -0.2) is 34.5 Å². The van der Waals surface area contributed by atoms with Crippen molar-refractivity contribution in [2.75, 3.05) is 6.54 Å². The zero-order valence-electron chi connectivity index (χ0n) is 14.3. The van der Waals surface area contributed by atoms with Crippen molar-refractivity contribution >= 4 is 27.8 Å². The van der Waals surface area contributed by atoms with Crippen LogP contribution in [0.5, 0.6) is 0 Å². The zero-order valence-corrected chi connectivity index (χ0v) is 15.9. The van der Waals surface area contributed by atoms with E-state index in [4.69, 9.17) is 0 Å². The molecule has 2 unspecified atom stereocenters. The van der Waals surface area contributed by atoms with Crippen molar-refractivity contribution < 1.29 is 19.1 Å².